The number of carboxylic acids is 1. The third-order valence-corrected chi connectivity index (χ3v) is 2.62. The molecule has 0 heterocycles. The molecule has 0 atom stereocenters. The van der Waals surface area contributed by atoms with Gasteiger partial charge in [-0.3, -0.25) is 9.59 Å². The Balaban J connectivity index is 3.06. The normalized spacial score (nSPS) is 10.1. The molecule has 4 heteroatoms. The highest BCUT2D eigenvalue weighted by Crippen LogP contribution is 2.07. The van der Waals surface area contributed by atoms with Gasteiger partial charge in [0.25, 0.3) is 0 Å². The lowest BCUT2D eigenvalue weighted by molar-refractivity contribution is -0.137. The highest BCUT2D eigenvalue weighted by atomic mass is 79.9. The van der Waals surface area contributed by atoms with Gasteiger partial charge < -0.3 is 5.11 Å². The van der Waals surface area contributed by atoms with Crippen molar-refractivity contribution in [1.82, 2.24) is 0 Å². The molecule has 0 radical (unpaired) electrons. The predicted octanol–water partition coefficient (Wildman–Crippen LogP) is 2.77. The SMILES string of the molecule is O=C(O)CCCCCCCC(=O)CBr. The zero-order chi connectivity index (χ0) is 10.8. The summed E-state index contributed by atoms with van der Waals surface area (Å²) in [6.45, 7) is 0. The number of ketones is 1. The van der Waals surface area contributed by atoms with E-state index in [9.17, 15) is 9.59 Å². The number of Topliss-reactive ketones (excluding diaryl/α,β-unsaturated/α-hetero) is 1. The van der Waals surface area contributed by atoms with Crippen LogP contribution >= 0.6 is 15.9 Å². The topological polar surface area (TPSA) is 54.4 Å². The number of carboxylic acid groups (broad SMARTS) is 1. The summed E-state index contributed by atoms with van der Waals surface area (Å²) in [6, 6.07) is 0. The number of hydrogen-bond acceptors (Lipinski definition) is 2. The molecule has 0 fully saturated rings. The van der Waals surface area contributed by atoms with E-state index in [4.69, 9.17) is 5.11 Å². The zero-order valence-electron chi connectivity index (χ0n) is 8.30. The quantitative estimate of drug-likeness (QED) is 0.515. The van der Waals surface area contributed by atoms with Gasteiger partial charge in [-0.2, -0.15) is 0 Å². The van der Waals surface area contributed by atoms with E-state index in [-0.39, 0.29) is 12.2 Å². The lowest BCUT2D eigenvalue weighted by atomic mass is 10.1. The van der Waals surface area contributed by atoms with Gasteiger partial charge in [0.05, 0.1) is 5.33 Å². The maximum atomic E-state index is 10.9. The number of carbonyl (C=O) groups excluding carboxylic acids is 1. The van der Waals surface area contributed by atoms with Gasteiger partial charge in [-0.1, -0.05) is 35.2 Å². The van der Waals surface area contributed by atoms with E-state index >= 15 is 0 Å². The minimum absolute atomic E-state index is 0.246. The Labute approximate surface area is 93.0 Å². The number of rotatable bonds is 9. The molecule has 0 aliphatic rings. The van der Waals surface area contributed by atoms with Crippen LogP contribution in [0.25, 0.3) is 0 Å². The van der Waals surface area contributed by atoms with Gasteiger partial charge in [-0.15, -0.1) is 0 Å². The molecule has 3 nitrogen and oxygen atoms in total. The highest BCUT2D eigenvalue weighted by Gasteiger charge is 1.99. The van der Waals surface area contributed by atoms with E-state index in [0.29, 0.717) is 11.8 Å². The van der Waals surface area contributed by atoms with Crippen LogP contribution in [0.1, 0.15) is 44.9 Å². The molecule has 0 spiro atoms. The van der Waals surface area contributed by atoms with Crippen molar-refractivity contribution in [2.24, 2.45) is 0 Å². The van der Waals surface area contributed by atoms with Crippen LogP contribution in [-0.2, 0) is 9.59 Å². The first-order chi connectivity index (χ1) is 6.66. The molecule has 0 aromatic heterocycles. The third kappa shape index (κ3) is 9.71. The smallest absolute Gasteiger partial charge is 0.303 e. The van der Waals surface area contributed by atoms with Crippen molar-refractivity contribution in [3.05, 3.63) is 0 Å². The Hall–Kier alpha value is -0.380. The monoisotopic (exact) mass is 264 g/mol. The maximum absolute atomic E-state index is 10.9. The summed E-state index contributed by atoms with van der Waals surface area (Å²) < 4.78 is 0. The standard InChI is InChI=1S/C10H17BrO3/c11-8-9(12)6-4-2-1-3-5-7-10(13)14/h1-8H2,(H,13,14). The van der Waals surface area contributed by atoms with Crippen molar-refractivity contribution in [1.29, 1.82) is 0 Å². The van der Waals surface area contributed by atoms with Crippen LogP contribution in [0.3, 0.4) is 0 Å². The van der Waals surface area contributed by atoms with Crippen molar-refractivity contribution in [3.63, 3.8) is 0 Å². The van der Waals surface area contributed by atoms with Crippen molar-refractivity contribution in [3.8, 4) is 0 Å². The van der Waals surface area contributed by atoms with Gasteiger partial charge in [0.2, 0.25) is 0 Å². The van der Waals surface area contributed by atoms with Gasteiger partial charge in [-0.25, -0.2) is 0 Å². The maximum Gasteiger partial charge on any atom is 0.303 e. The van der Waals surface area contributed by atoms with Gasteiger partial charge in [-0.05, 0) is 12.8 Å². The summed E-state index contributed by atoms with van der Waals surface area (Å²) >= 11 is 3.11. The molecule has 0 aromatic rings. The van der Waals surface area contributed by atoms with Crippen LogP contribution in [0.15, 0.2) is 0 Å². The van der Waals surface area contributed by atoms with Crippen LogP contribution < -0.4 is 0 Å². The number of hydrogen-bond donors (Lipinski definition) is 1. The zero-order valence-corrected chi connectivity index (χ0v) is 9.88. The average Bonchev–Trinajstić information content (AvgIpc) is 2.15. The molecular weight excluding hydrogens is 248 g/mol. The molecule has 0 bridgehead atoms. The molecule has 0 aliphatic heterocycles. The summed E-state index contributed by atoms with van der Waals surface area (Å²) in [6.07, 6.45) is 5.60. The van der Waals surface area contributed by atoms with Crippen molar-refractivity contribution >= 4 is 27.7 Å². The van der Waals surface area contributed by atoms with Gasteiger partial charge in [0.15, 0.2) is 0 Å². The Kier molecular flexibility index (Phi) is 8.94. The number of alkyl halides is 1. The van der Waals surface area contributed by atoms with Crippen LogP contribution in [-0.4, -0.2) is 22.2 Å². The number of aliphatic carboxylic acids is 1. The van der Waals surface area contributed by atoms with E-state index in [2.05, 4.69) is 15.9 Å². The second kappa shape index (κ2) is 9.19. The largest absolute Gasteiger partial charge is 0.481 e. The number of unbranched alkanes of at least 4 members (excludes halogenated alkanes) is 4. The summed E-state index contributed by atoms with van der Waals surface area (Å²) in [7, 11) is 0. The highest BCUT2D eigenvalue weighted by molar-refractivity contribution is 9.09. The van der Waals surface area contributed by atoms with E-state index < -0.39 is 5.97 Å². The molecule has 1 N–H and O–H groups in total. The van der Waals surface area contributed by atoms with E-state index in [1.807, 2.05) is 0 Å². The van der Waals surface area contributed by atoms with Crippen LogP contribution in [0, 0.1) is 0 Å². The van der Waals surface area contributed by atoms with Crippen molar-refractivity contribution < 1.29 is 14.7 Å². The van der Waals surface area contributed by atoms with Crippen molar-refractivity contribution in [2.45, 2.75) is 44.9 Å². The second-order valence-corrected chi connectivity index (χ2v) is 3.89. The summed E-state index contributed by atoms with van der Waals surface area (Å²) in [5, 5.41) is 8.82. The second-order valence-electron chi connectivity index (χ2n) is 3.33. The first kappa shape index (κ1) is 13.6. The predicted molar refractivity (Wildman–Crippen MR) is 58.8 cm³/mol. The lowest BCUT2D eigenvalue weighted by Crippen LogP contribution is -1.98. The Morgan fingerprint density at radius 1 is 0.929 bits per heavy atom. The van der Waals surface area contributed by atoms with Crippen LogP contribution in [0.2, 0.25) is 0 Å². The summed E-state index contributed by atoms with van der Waals surface area (Å²) in [5.74, 6) is -0.477. The molecule has 0 amide bonds. The Bertz CT molecular complexity index is 180. The summed E-state index contributed by atoms with van der Waals surface area (Å²) in [5.41, 5.74) is 0. The molecule has 0 aromatic carbocycles. The number of carbonyl (C=O) groups is 2. The molecular formula is C10H17BrO3. The minimum atomic E-state index is -0.723. The molecule has 0 saturated carbocycles. The van der Waals surface area contributed by atoms with E-state index in [1.165, 1.54) is 0 Å². The third-order valence-electron chi connectivity index (χ3n) is 2.00. The Morgan fingerprint density at radius 3 is 1.93 bits per heavy atom. The first-order valence-corrected chi connectivity index (χ1v) is 6.08. The van der Waals surface area contributed by atoms with E-state index in [1.54, 1.807) is 0 Å². The number of halogens is 1. The van der Waals surface area contributed by atoms with Gasteiger partial charge in [0, 0.05) is 12.8 Å². The average molecular weight is 265 g/mol. The fourth-order valence-corrected chi connectivity index (χ4v) is 1.48. The van der Waals surface area contributed by atoms with Gasteiger partial charge in [0.1, 0.15) is 5.78 Å². The fraction of sp³-hybridized carbons (Fsp3) is 0.800. The first-order valence-electron chi connectivity index (χ1n) is 4.96. The van der Waals surface area contributed by atoms with Crippen LogP contribution in [0.4, 0.5) is 0 Å². The van der Waals surface area contributed by atoms with Crippen molar-refractivity contribution in [2.75, 3.05) is 5.33 Å². The molecule has 0 unspecified atom stereocenters. The molecule has 0 aliphatic carbocycles. The molecule has 0 saturated heterocycles. The Morgan fingerprint density at radius 2 is 1.43 bits per heavy atom. The lowest BCUT2D eigenvalue weighted by Gasteiger charge is -1.99. The molecule has 82 valence electrons. The van der Waals surface area contributed by atoms with Gasteiger partial charge >= 0.3 is 5.97 Å². The summed E-state index contributed by atoms with van der Waals surface area (Å²) in [4.78, 5) is 21.0. The molecule has 0 rings (SSSR count). The molecule has 14 heavy (non-hydrogen) atoms. The fourth-order valence-electron chi connectivity index (χ4n) is 1.20. The van der Waals surface area contributed by atoms with Crippen LogP contribution in [0.5, 0.6) is 0 Å². The minimum Gasteiger partial charge on any atom is -0.481 e. The van der Waals surface area contributed by atoms with E-state index in [0.717, 1.165) is 32.1 Å².